The Morgan fingerprint density at radius 3 is 2.17 bits per heavy atom. The molecule has 0 atom stereocenters. The first-order valence-electron chi connectivity index (χ1n) is 7.89. The summed E-state index contributed by atoms with van der Waals surface area (Å²) >= 11 is 0. The number of hydrogen-bond acceptors (Lipinski definition) is 3. The number of hydrogen-bond donors (Lipinski definition) is 1. The molecule has 2 aromatic carbocycles. The average Bonchev–Trinajstić information content (AvgIpc) is 2.61. The third-order valence-corrected chi connectivity index (χ3v) is 5.11. The molecule has 0 radical (unpaired) electrons. The maximum atomic E-state index is 12.3. The van der Waals surface area contributed by atoms with Crippen molar-refractivity contribution >= 4 is 15.9 Å². The summed E-state index contributed by atoms with van der Waals surface area (Å²) in [5.41, 5.74) is 1.05. The van der Waals surface area contributed by atoms with Crippen LogP contribution in [0, 0.1) is 0 Å². The Balaban J connectivity index is 1.87. The van der Waals surface area contributed by atoms with Crippen molar-refractivity contribution < 1.29 is 13.2 Å². The highest BCUT2D eigenvalue weighted by Crippen LogP contribution is 2.08. The van der Waals surface area contributed by atoms with E-state index in [2.05, 4.69) is 4.72 Å². The Morgan fingerprint density at radius 2 is 1.58 bits per heavy atom. The highest BCUT2D eigenvalue weighted by Gasteiger charge is 2.16. The standard InChI is InChI=1S/C18H22N2O3S/c1-2-20(15-16-9-5-3-6-10-16)18(21)13-14-19-24(22,23)17-11-7-4-8-12-17/h3-12,19H,2,13-15H2,1H3. The van der Waals surface area contributed by atoms with Crippen LogP contribution in [0.4, 0.5) is 0 Å². The van der Waals surface area contributed by atoms with Crippen molar-refractivity contribution in [2.75, 3.05) is 13.1 Å². The SMILES string of the molecule is CCN(Cc1ccccc1)C(=O)CCNS(=O)(=O)c1ccccc1. The number of carbonyl (C=O) groups excluding carboxylic acids is 1. The van der Waals surface area contributed by atoms with Crippen LogP contribution in [-0.4, -0.2) is 32.3 Å². The van der Waals surface area contributed by atoms with Crippen LogP contribution in [0.5, 0.6) is 0 Å². The lowest BCUT2D eigenvalue weighted by atomic mass is 10.2. The molecule has 2 rings (SSSR count). The Bertz CT molecular complexity index is 746. The van der Waals surface area contributed by atoms with E-state index in [-0.39, 0.29) is 23.8 Å². The molecule has 1 N–H and O–H groups in total. The van der Waals surface area contributed by atoms with Gasteiger partial charge in [-0.25, -0.2) is 13.1 Å². The predicted octanol–water partition coefficient (Wildman–Crippen LogP) is 2.40. The van der Waals surface area contributed by atoms with Crippen molar-refractivity contribution in [2.45, 2.75) is 24.8 Å². The van der Waals surface area contributed by atoms with E-state index in [4.69, 9.17) is 0 Å². The van der Waals surface area contributed by atoms with Gasteiger partial charge >= 0.3 is 0 Å². The van der Waals surface area contributed by atoms with Crippen molar-refractivity contribution in [1.82, 2.24) is 9.62 Å². The van der Waals surface area contributed by atoms with E-state index < -0.39 is 10.0 Å². The number of amides is 1. The number of nitrogens with zero attached hydrogens (tertiary/aromatic N) is 1. The van der Waals surface area contributed by atoms with Gasteiger partial charge in [-0.3, -0.25) is 4.79 Å². The minimum Gasteiger partial charge on any atom is -0.339 e. The topological polar surface area (TPSA) is 66.5 Å². The fraction of sp³-hybridized carbons (Fsp3) is 0.278. The molecule has 0 spiro atoms. The molecule has 0 aliphatic rings. The summed E-state index contributed by atoms with van der Waals surface area (Å²) < 4.78 is 26.7. The van der Waals surface area contributed by atoms with Gasteiger partial charge in [0.15, 0.2) is 0 Å². The van der Waals surface area contributed by atoms with E-state index in [1.54, 1.807) is 23.1 Å². The number of nitrogens with one attached hydrogen (secondary N) is 1. The average molecular weight is 346 g/mol. The Hall–Kier alpha value is -2.18. The smallest absolute Gasteiger partial charge is 0.240 e. The van der Waals surface area contributed by atoms with Crippen LogP contribution in [-0.2, 0) is 21.4 Å². The number of carbonyl (C=O) groups is 1. The molecular formula is C18H22N2O3S. The van der Waals surface area contributed by atoms with Gasteiger partial charge in [-0.15, -0.1) is 0 Å². The van der Waals surface area contributed by atoms with Crippen LogP contribution in [0.25, 0.3) is 0 Å². The molecule has 24 heavy (non-hydrogen) atoms. The lowest BCUT2D eigenvalue weighted by molar-refractivity contribution is -0.131. The first-order valence-corrected chi connectivity index (χ1v) is 9.37. The lowest BCUT2D eigenvalue weighted by Gasteiger charge is -2.21. The van der Waals surface area contributed by atoms with E-state index in [0.29, 0.717) is 13.1 Å². The fourth-order valence-electron chi connectivity index (χ4n) is 2.31. The van der Waals surface area contributed by atoms with Gasteiger partial charge in [-0.1, -0.05) is 48.5 Å². The van der Waals surface area contributed by atoms with Gasteiger partial charge in [0.1, 0.15) is 0 Å². The molecular weight excluding hydrogens is 324 g/mol. The molecule has 0 aromatic heterocycles. The number of benzene rings is 2. The maximum Gasteiger partial charge on any atom is 0.240 e. The molecule has 2 aromatic rings. The first kappa shape index (κ1) is 18.2. The second-order valence-electron chi connectivity index (χ2n) is 5.35. The van der Waals surface area contributed by atoms with Gasteiger partial charge in [-0.05, 0) is 24.6 Å². The van der Waals surface area contributed by atoms with Gasteiger partial charge in [0.05, 0.1) is 4.90 Å². The highest BCUT2D eigenvalue weighted by molar-refractivity contribution is 7.89. The Labute approximate surface area is 143 Å². The van der Waals surface area contributed by atoms with Crippen molar-refractivity contribution in [3.05, 3.63) is 66.2 Å². The van der Waals surface area contributed by atoms with E-state index >= 15 is 0 Å². The molecule has 0 unspecified atom stereocenters. The first-order chi connectivity index (χ1) is 11.5. The zero-order valence-electron chi connectivity index (χ0n) is 13.7. The summed E-state index contributed by atoms with van der Waals surface area (Å²) in [7, 11) is -3.57. The second-order valence-corrected chi connectivity index (χ2v) is 7.12. The minimum atomic E-state index is -3.57. The number of sulfonamides is 1. The normalized spacial score (nSPS) is 11.2. The van der Waals surface area contributed by atoms with Crippen LogP contribution in [0.1, 0.15) is 18.9 Å². The van der Waals surface area contributed by atoms with Gasteiger partial charge in [0.2, 0.25) is 15.9 Å². The van der Waals surface area contributed by atoms with Crippen molar-refractivity contribution in [2.24, 2.45) is 0 Å². The summed E-state index contributed by atoms with van der Waals surface area (Å²) in [6.07, 6.45) is 0.132. The predicted molar refractivity (Wildman–Crippen MR) is 93.8 cm³/mol. The molecule has 0 bridgehead atoms. The van der Waals surface area contributed by atoms with Crippen molar-refractivity contribution in [1.29, 1.82) is 0 Å². The summed E-state index contributed by atoms with van der Waals surface area (Å²) in [5.74, 6) is -0.0721. The zero-order valence-corrected chi connectivity index (χ0v) is 14.5. The molecule has 0 fully saturated rings. The fourth-order valence-corrected chi connectivity index (χ4v) is 3.37. The summed E-state index contributed by atoms with van der Waals surface area (Å²) in [6.45, 7) is 3.11. The second kappa shape index (κ2) is 8.61. The van der Waals surface area contributed by atoms with Crippen LogP contribution in [0.2, 0.25) is 0 Å². The van der Waals surface area contributed by atoms with E-state index in [1.165, 1.54) is 12.1 Å². The molecule has 0 heterocycles. The van der Waals surface area contributed by atoms with Crippen LogP contribution < -0.4 is 4.72 Å². The molecule has 0 aliphatic heterocycles. The number of rotatable bonds is 8. The monoisotopic (exact) mass is 346 g/mol. The maximum absolute atomic E-state index is 12.3. The lowest BCUT2D eigenvalue weighted by Crippen LogP contribution is -2.34. The molecule has 128 valence electrons. The largest absolute Gasteiger partial charge is 0.339 e. The summed E-state index contributed by atoms with van der Waals surface area (Å²) in [4.78, 5) is 14.2. The molecule has 1 amide bonds. The minimum absolute atomic E-state index is 0.0721. The summed E-state index contributed by atoms with van der Waals surface area (Å²) in [5, 5.41) is 0. The molecule has 0 aliphatic carbocycles. The van der Waals surface area contributed by atoms with Gasteiger partial charge < -0.3 is 4.90 Å². The van der Waals surface area contributed by atoms with Crippen LogP contribution >= 0.6 is 0 Å². The third kappa shape index (κ3) is 5.18. The molecule has 0 saturated heterocycles. The summed E-state index contributed by atoms with van der Waals surface area (Å²) in [6, 6.07) is 17.9. The molecule has 5 nitrogen and oxygen atoms in total. The van der Waals surface area contributed by atoms with Gasteiger partial charge in [-0.2, -0.15) is 0 Å². The van der Waals surface area contributed by atoms with Gasteiger partial charge in [0.25, 0.3) is 0 Å². The van der Waals surface area contributed by atoms with Crippen molar-refractivity contribution in [3.8, 4) is 0 Å². The Morgan fingerprint density at radius 1 is 1.00 bits per heavy atom. The third-order valence-electron chi connectivity index (χ3n) is 3.64. The van der Waals surface area contributed by atoms with Gasteiger partial charge in [0, 0.05) is 26.1 Å². The molecule has 6 heteroatoms. The zero-order chi connectivity index (χ0) is 17.4. The van der Waals surface area contributed by atoms with E-state index in [9.17, 15) is 13.2 Å². The van der Waals surface area contributed by atoms with Crippen LogP contribution in [0.15, 0.2) is 65.6 Å². The quantitative estimate of drug-likeness (QED) is 0.798. The highest BCUT2D eigenvalue weighted by atomic mass is 32.2. The van der Waals surface area contributed by atoms with E-state index in [1.807, 2.05) is 37.3 Å². The van der Waals surface area contributed by atoms with E-state index in [0.717, 1.165) is 5.56 Å². The molecule has 0 saturated carbocycles. The van der Waals surface area contributed by atoms with Crippen molar-refractivity contribution in [3.63, 3.8) is 0 Å². The van der Waals surface area contributed by atoms with Crippen LogP contribution in [0.3, 0.4) is 0 Å². The Kier molecular flexibility index (Phi) is 6.52.